The molecule has 1 rings (SSSR count). The van der Waals surface area contributed by atoms with E-state index in [0.717, 1.165) is 19.5 Å². The van der Waals surface area contributed by atoms with E-state index in [9.17, 15) is 9.59 Å². The van der Waals surface area contributed by atoms with Crippen molar-refractivity contribution in [2.24, 2.45) is 0 Å². The zero-order valence-electron chi connectivity index (χ0n) is 24.9. The van der Waals surface area contributed by atoms with Crippen LogP contribution < -0.4 is 5.32 Å². The van der Waals surface area contributed by atoms with Gasteiger partial charge in [0, 0.05) is 32.4 Å². The third-order valence-electron chi connectivity index (χ3n) is 6.99. The molecule has 0 radical (unpaired) electrons. The Balaban J connectivity index is 0.000000785. The van der Waals surface area contributed by atoms with Crippen molar-refractivity contribution in [2.45, 2.75) is 155 Å². The number of hydrogen-bond acceptors (Lipinski definition) is 4. The van der Waals surface area contributed by atoms with Gasteiger partial charge in [-0.3, -0.25) is 9.59 Å². The van der Waals surface area contributed by atoms with Gasteiger partial charge in [-0.05, 0) is 19.8 Å². The predicted molar refractivity (Wildman–Crippen MR) is 157 cm³/mol. The molecular formula is C31H61N3O3. The first-order valence-corrected chi connectivity index (χ1v) is 15.5. The summed E-state index contributed by atoms with van der Waals surface area (Å²) in [6.45, 7) is 8.32. The molecule has 218 valence electrons. The number of amides is 1. The molecule has 0 saturated heterocycles. The highest BCUT2D eigenvalue weighted by Crippen LogP contribution is 2.13. The van der Waals surface area contributed by atoms with Crippen molar-refractivity contribution in [1.29, 1.82) is 0 Å². The smallest absolute Gasteiger partial charge is 0.325 e. The number of hydrogen-bond donors (Lipinski definition) is 2. The second kappa shape index (κ2) is 25.9. The molecule has 1 heterocycles. The fourth-order valence-corrected chi connectivity index (χ4v) is 4.51. The van der Waals surface area contributed by atoms with E-state index in [1.807, 2.05) is 0 Å². The summed E-state index contributed by atoms with van der Waals surface area (Å²) in [5, 5.41) is 11.2. The number of carbonyl (C=O) groups excluding carboxylic acids is 1. The van der Waals surface area contributed by atoms with Crippen molar-refractivity contribution in [1.82, 2.24) is 15.1 Å². The fourth-order valence-electron chi connectivity index (χ4n) is 4.51. The summed E-state index contributed by atoms with van der Waals surface area (Å²) in [5.74, 6) is -1.13. The summed E-state index contributed by atoms with van der Waals surface area (Å²) in [6.07, 6.45) is 29.8. The van der Waals surface area contributed by atoms with Crippen LogP contribution in [0.4, 0.5) is 0 Å². The van der Waals surface area contributed by atoms with E-state index >= 15 is 0 Å². The molecule has 0 saturated carbocycles. The standard InChI is InChI=1S/C19H37NO3.C12H24N2/c1-3-4-5-6-7-8-9-10-11-12-13-14-15-16-18(21)20-17(2)19(22)23;1-3-4-5-6-7-8-9-14-11-10-13(2)12-14/h17H,3-16H2,1-2H3,(H,20,21)(H,22,23);10-11H,3-9,12H2,1-2H3/t17-;/m0./s1. The van der Waals surface area contributed by atoms with Crippen LogP contribution in [0.3, 0.4) is 0 Å². The molecule has 37 heavy (non-hydrogen) atoms. The zero-order valence-corrected chi connectivity index (χ0v) is 24.9. The summed E-state index contributed by atoms with van der Waals surface area (Å²) >= 11 is 0. The lowest BCUT2D eigenvalue weighted by molar-refractivity contribution is -0.141. The SMILES string of the molecule is CCCCCCCCCCCCCCCC(=O)N[C@@H](C)C(=O)O.CCCCCCCCN1C=CN(C)C1. The van der Waals surface area contributed by atoms with Crippen molar-refractivity contribution in [3.8, 4) is 0 Å². The van der Waals surface area contributed by atoms with E-state index in [-0.39, 0.29) is 5.91 Å². The third kappa shape index (κ3) is 24.4. The average Bonchev–Trinajstić information content (AvgIpc) is 3.29. The lowest BCUT2D eigenvalue weighted by atomic mass is 10.0. The van der Waals surface area contributed by atoms with Gasteiger partial charge >= 0.3 is 5.97 Å². The Morgan fingerprint density at radius 1 is 0.730 bits per heavy atom. The number of carboxylic acid groups (broad SMARTS) is 1. The summed E-state index contributed by atoms with van der Waals surface area (Å²) in [6, 6.07) is -0.788. The van der Waals surface area contributed by atoms with Crippen LogP contribution in [0.25, 0.3) is 0 Å². The van der Waals surface area contributed by atoms with Gasteiger partial charge < -0.3 is 20.2 Å². The van der Waals surface area contributed by atoms with Gasteiger partial charge in [-0.15, -0.1) is 0 Å². The van der Waals surface area contributed by atoms with Gasteiger partial charge in [-0.25, -0.2) is 0 Å². The first-order valence-electron chi connectivity index (χ1n) is 15.5. The fraction of sp³-hybridized carbons (Fsp3) is 0.871. The maximum absolute atomic E-state index is 11.5. The summed E-state index contributed by atoms with van der Waals surface area (Å²) in [4.78, 5) is 26.7. The van der Waals surface area contributed by atoms with E-state index < -0.39 is 12.0 Å². The first kappa shape index (κ1) is 35.3. The normalized spacial score (nSPS) is 13.4. The summed E-state index contributed by atoms with van der Waals surface area (Å²) in [7, 11) is 2.12. The number of carbonyl (C=O) groups is 2. The Labute approximate surface area is 229 Å². The van der Waals surface area contributed by atoms with Crippen LogP contribution in [0, 0.1) is 0 Å². The minimum absolute atomic E-state index is 0.150. The maximum Gasteiger partial charge on any atom is 0.325 e. The average molecular weight is 524 g/mol. The molecule has 0 unspecified atom stereocenters. The molecular weight excluding hydrogens is 462 g/mol. The van der Waals surface area contributed by atoms with E-state index in [1.165, 1.54) is 123 Å². The summed E-state index contributed by atoms with van der Waals surface area (Å²) < 4.78 is 0. The van der Waals surface area contributed by atoms with Gasteiger partial charge in [0.15, 0.2) is 0 Å². The Kier molecular flexibility index (Phi) is 24.7. The van der Waals surface area contributed by atoms with E-state index in [1.54, 1.807) is 0 Å². The van der Waals surface area contributed by atoms with Crippen molar-refractivity contribution in [2.75, 3.05) is 20.3 Å². The van der Waals surface area contributed by atoms with Crippen LogP contribution in [0.2, 0.25) is 0 Å². The predicted octanol–water partition coefficient (Wildman–Crippen LogP) is 8.08. The highest BCUT2D eigenvalue weighted by molar-refractivity contribution is 5.83. The van der Waals surface area contributed by atoms with Crippen molar-refractivity contribution >= 4 is 11.9 Å². The van der Waals surface area contributed by atoms with Crippen LogP contribution in [-0.4, -0.2) is 53.1 Å². The van der Waals surface area contributed by atoms with Gasteiger partial charge in [0.1, 0.15) is 6.04 Å². The molecule has 1 aliphatic heterocycles. The number of nitrogens with zero attached hydrogens (tertiary/aromatic N) is 2. The molecule has 2 N–H and O–H groups in total. The van der Waals surface area contributed by atoms with Crippen LogP contribution in [-0.2, 0) is 9.59 Å². The molecule has 0 aromatic carbocycles. The molecule has 0 bridgehead atoms. The van der Waals surface area contributed by atoms with E-state index in [2.05, 4.69) is 48.4 Å². The van der Waals surface area contributed by atoms with Gasteiger partial charge in [-0.2, -0.15) is 0 Å². The topological polar surface area (TPSA) is 72.9 Å². The van der Waals surface area contributed by atoms with Gasteiger partial charge in [-0.1, -0.05) is 123 Å². The number of rotatable bonds is 23. The number of carboxylic acids is 1. The molecule has 0 aromatic heterocycles. The molecule has 0 fully saturated rings. The second-order valence-corrected chi connectivity index (χ2v) is 10.9. The maximum atomic E-state index is 11.5. The van der Waals surface area contributed by atoms with E-state index in [0.29, 0.717) is 6.42 Å². The van der Waals surface area contributed by atoms with Crippen LogP contribution >= 0.6 is 0 Å². The minimum atomic E-state index is -0.983. The molecule has 1 amide bonds. The van der Waals surface area contributed by atoms with Crippen molar-refractivity contribution in [3.63, 3.8) is 0 Å². The third-order valence-corrected chi connectivity index (χ3v) is 6.99. The number of nitrogens with one attached hydrogen (secondary N) is 1. The lowest BCUT2D eigenvalue weighted by Gasteiger charge is -2.17. The molecule has 1 atom stereocenters. The Morgan fingerprint density at radius 2 is 1.16 bits per heavy atom. The quantitative estimate of drug-likeness (QED) is 0.132. The van der Waals surface area contributed by atoms with Crippen LogP contribution in [0.15, 0.2) is 12.4 Å². The van der Waals surface area contributed by atoms with Gasteiger partial charge in [0.2, 0.25) is 5.91 Å². The Hall–Kier alpha value is -1.72. The Bertz CT molecular complexity index is 568. The number of aliphatic carboxylic acids is 1. The van der Waals surface area contributed by atoms with Crippen molar-refractivity contribution in [3.05, 3.63) is 12.4 Å². The number of unbranched alkanes of at least 4 members (excludes halogenated alkanes) is 17. The molecule has 0 aromatic rings. The highest BCUT2D eigenvalue weighted by atomic mass is 16.4. The van der Waals surface area contributed by atoms with Gasteiger partial charge in [0.25, 0.3) is 0 Å². The van der Waals surface area contributed by atoms with E-state index in [4.69, 9.17) is 5.11 Å². The van der Waals surface area contributed by atoms with Crippen LogP contribution in [0.1, 0.15) is 149 Å². The molecule has 1 aliphatic rings. The molecule has 6 heteroatoms. The van der Waals surface area contributed by atoms with Crippen LogP contribution in [0.5, 0.6) is 0 Å². The Morgan fingerprint density at radius 3 is 1.57 bits per heavy atom. The lowest BCUT2D eigenvalue weighted by Crippen LogP contribution is -2.38. The molecule has 6 nitrogen and oxygen atoms in total. The second-order valence-electron chi connectivity index (χ2n) is 10.9. The monoisotopic (exact) mass is 523 g/mol. The van der Waals surface area contributed by atoms with Gasteiger partial charge in [0.05, 0.1) is 6.67 Å². The largest absolute Gasteiger partial charge is 0.480 e. The molecule has 0 spiro atoms. The highest BCUT2D eigenvalue weighted by Gasteiger charge is 2.13. The van der Waals surface area contributed by atoms with Crippen molar-refractivity contribution < 1.29 is 14.7 Å². The first-order chi connectivity index (χ1) is 17.9. The molecule has 0 aliphatic carbocycles. The zero-order chi connectivity index (χ0) is 27.6. The minimum Gasteiger partial charge on any atom is -0.480 e. The summed E-state index contributed by atoms with van der Waals surface area (Å²) in [5.41, 5.74) is 0.